The van der Waals surface area contributed by atoms with Crippen LogP contribution in [0.4, 0.5) is 5.82 Å². The van der Waals surface area contributed by atoms with Gasteiger partial charge in [0.1, 0.15) is 36.3 Å². The molecular weight excluding hydrogens is 875 g/mol. The van der Waals surface area contributed by atoms with Crippen molar-refractivity contribution in [3.8, 4) is 0 Å². The highest BCUT2D eigenvalue weighted by molar-refractivity contribution is 9.09. The van der Waals surface area contributed by atoms with E-state index in [0.717, 1.165) is 29.0 Å². The number of aliphatic hydroxyl groups is 2. The second kappa shape index (κ2) is 19.8. The zero-order valence-electron chi connectivity index (χ0n) is 28.3. The van der Waals surface area contributed by atoms with Crippen molar-refractivity contribution < 1.29 is 80.5 Å². The highest BCUT2D eigenvalue weighted by Crippen LogP contribution is 2.61. The summed E-state index contributed by atoms with van der Waals surface area (Å²) in [6.07, 6.45) is -3.90. The molecule has 10 N–H and O–H groups in total. The van der Waals surface area contributed by atoms with E-state index < -0.39 is 84.6 Å². The van der Waals surface area contributed by atoms with E-state index in [1.54, 1.807) is 6.08 Å². The average Bonchev–Trinajstić information content (AvgIpc) is 3.63. The molecule has 0 spiro atoms. The summed E-state index contributed by atoms with van der Waals surface area (Å²) >= 11 is 4.15. The third-order valence-electron chi connectivity index (χ3n) is 7.09. The van der Waals surface area contributed by atoms with Gasteiger partial charge in [0.05, 0.1) is 19.5 Å². The number of phosphoric ester groups is 3. The number of nitrogens with two attached hydrogens (primary N) is 1. The molecule has 2 aromatic heterocycles. The second-order valence-corrected chi connectivity index (χ2v) is 17.8. The highest BCUT2D eigenvalue weighted by Gasteiger charge is 2.50. The first-order chi connectivity index (χ1) is 25.1. The number of aliphatic hydroxyl groups excluding tert-OH is 2. The number of alkyl halides is 1. The molecule has 24 nitrogen and oxygen atoms in total. The smallest absolute Gasteiger partial charge is 0.386 e. The van der Waals surface area contributed by atoms with Crippen molar-refractivity contribution in [2.75, 3.05) is 43.1 Å². The van der Waals surface area contributed by atoms with E-state index in [9.17, 15) is 57.9 Å². The predicted octanol–water partition coefficient (Wildman–Crippen LogP) is -0.384. The van der Waals surface area contributed by atoms with Crippen LogP contribution in [0.25, 0.3) is 11.2 Å². The van der Waals surface area contributed by atoms with Gasteiger partial charge < -0.3 is 50.9 Å². The van der Waals surface area contributed by atoms with Crippen molar-refractivity contribution in [2.45, 2.75) is 50.9 Å². The lowest BCUT2D eigenvalue weighted by Crippen LogP contribution is -2.46. The van der Waals surface area contributed by atoms with Crippen molar-refractivity contribution in [3.05, 3.63) is 24.8 Å². The van der Waals surface area contributed by atoms with Crippen molar-refractivity contribution in [1.82, 2.24) is 30.2 Å². The van der Waals surface area contributed by atoms with Gasteiger partial charge in [0.2, 0.25) is 16.9 Å². The Morgan fingerprint density at radius 3 is 2.46 bits per heavy atom. The minimum absolute atomic E-state index is 0.0293. The van der Waals surface area contributed by atoms with E-state index in [4.69, 9.17) is 19.5 Å². The van der Waals surface area contributed by atoms with Crippen molar-refractivity contribution in [3.63, 3.8) is 0 Å². The average molecular weight is 915 g/mol. The van der Waals surface area contributed by atoms with Crippen LogP contribution in [0.15, 0.2) is 24.8 Å². The third kappa shape index (κ3) is 14.1. The summed E-state index contributed by atoms with van der Waals surface area (Å²) in [7, 11) is -16.4. The van der Waals surface area contributed by atoms with Crippen LogP contribution in [-0.4, -0.2) is 128 Å². The van der Waals surface area contributed by atoms with E-state index in [1.807, 2.05) is 0 Å². The van der Waals surface area contributed by atoms with Gasteiger partial charge in [0, 0.05) is 36.0 Å². The molecule has 0 saturated carbocycles. The SMILES string of the molecule is CC(C)(COP(=O)(O)OP(=O)(O)OC[C@H]1O[C@@H](n2cnc3c(N)ncnc32)[C@H](O)[C@@H]1OP(=O)(O)O)[C@@H](O)C(=O)NCCC(=O)NCCSC(=O)/C=C/CBr. The molecule has 1 aliphatic heterocycles. The molecule has 29 heteroatoms. The fourth-order valence-electron chi connectivity index (χ4n) is 4.47. The number of thioether (sulfide) groups is 1. The Morgan fingerprint density at radius 2 is 1.80 bits per heavy atom. The number of nitrogens with zero attached hydrogens (tertiary/aromatic N) is 4. The first-order valence-electron chi connectivity index (χ1n) is 15.3. The number of hydrogen-bond acceptors (Lipinski definition) is 18. The molecule has 54 heavy (non-hydrogen) atoms. The molecule has 1 saturated heterocycles. The van der Waals surface area contributed by atoms with Crippen molar-refractivity contribution in [2.24, 2.45) is 5.41 Å². The van der Waals surface area contributed by atoms with E-state index >= 15 is 0 Å². The van der Waals surface area contributed by atoms with E-state index in [0.29, 0.717) is 11.1 Å². The molecule has 1 fully saturated rings. The summed E-state index contributed by atoms with van der Waals surface area (Å²) in [5.41, 5.74) is 4.25. The van der Waals surface area contributed by atoms with Gasteiger partial charge >= 0.3 is 23.5 Å². The monoisotopic (exact) mass is 913 g/mol. The van der Waals surface area contributed by atoms with Crippen LogP contribution < -0.4 is 16.4 Å². The normalized spacial score (nSPS) is 22.2. The molecule has 0 bridgehead atoms. The summed E-state index contributed by atoms with van der Waals surface area (Å²) in [6.45, 7) is 0.460. The lowest BCUT2D eigenvalue weighted by Gasteiger charge is -2.30. The molecule has 0 aromatic carbocycles. The number of hydrogen-bond donors (Lipinski definition) is 9. The maximum atomic E-state index is 12.6. The summed E-state index contributed by atoms with van der Waals surface area (Å²) in [5.74, 6) is -1.15. The number of amides is 2. The Morgan fingerprint density at radius 1 is 1.11 bits per heavy atom. The number of fused-ring (bicyclic) bond motifs is 1. The Labute approximate surface area is 319 Å². The standard InChI is InChI=1S/C25H39BrN7O17P3S/c1-25(2,20(37)23(38)29-7-5-15(34)28-8-9-54-16(35)4-3-6-26)11-47-53(44,45)50-52(42,43)46-10-14-19(49-51(39,40)41)18(36)24(48-14)33-13-32-17-21(27)30-12-31-22(17)33/h3-4,12-14,18-20,24,36-37H,5-11H2,1-2H3,(H,28,34)(H,29,38)(H,42,43)(H,44,45)(H2,27,30,31)(H2,39,40,41)/b4-3+/t14-,18-,19-,20+,24-/m1/s1. The summed E-state index contributed by atoms with van der Waals surface area (Å²) in [6, 6.07) is 0. The fraction of sp³-hybridized carbons (Fsp3) is 0.600. The number of nitrogen functional groups attached to an aromatic ring is 1. The molecule has 2 aromatic rings. The predicted molar refractivity (Wildman–Crippen MR) is 190 cm³/mol. The van der Waals surface area contributed by atoms with E-state index in [-0.39, 0.29) is 41.6 Å². The Hall–Kier alpha value is -2.22. The second-order valence-electron chi connectivity index (χ2n) is 11.8. The number of halogens is 1. The third-order valence-corrected chi connectivity index (χ3v) is 11.4. The number of phosphoric acid groups is 3. The fourth-order valence-corrected chi connectivity index (χ4v) is 8.08. The van der Waals surface area contributed by atoms with Gasteiger partial charge in [-0.1, -0.05) is 47.6 Å². The first-order valence-corrected chi connectivity index (χ1v) is 22.0. The quantitative estimate of drug-likeness (QED) is 0.0333. The molecule has 304 valence electrons. The minimum Gasteiger partial charge on any atom is -0.386 e. The number of ether oxygens (including phenoxy) is 1. The number of aromatic nitrogens is 4. The molecule has 7 atom stereocenters. The maximum Gasteiger partial charge on any atom is 0.481 e. The lowest BCUT2D eigenvalue weighted by atomic mass is 9.87. The van der Waals surface area contributed by atoms with E-state index in [2.05, 4.69) is 50.3 Å². The van der Waals surface area contributed by atoms with Gasteiger partial charge in [-0.25, -0.2) is 28.6 Å². The topological polar surface area (TPSA) is 364 Å². The summed E-state index contributed by atoms with van der Waals surface area (Å²) in [4.78, 5) is 86.9. The number of allylic oxidation sites excluding steroid dienone is 1. The van der Waals surface area contributed by atoms with Gasteiger partial charge in [-0.15, -0.1) is 0 Å². The van der Waals surface area contributed by atoms with Crippen LogP contribution in [0.1, 0.15) is 26.5 Å². The summed E-state index contributed by atoms with van der Waals surface area (Å²) < 4.78 is 62.0. The van der Waals surface area contributed by atoms with Gasteiger partial charge in [-0.2, -0.15) is 4.31 Å². The van der Waals surface area contributed by atoms with Crippen LogP contribution in [0.5, 0.6) is 0 Å². The highest BCUT2D eigenvalue weighted by atomic mass is 79.9. The first kappa shape index (κ1) is 46.2. The number of imidazole rings is 1. The molecule has 2 amide bonds. The number of rotatable bonds is 21. The van der Waals surface area contributed by atoms with Crippen LogP contribution in [0, 0.1) is 5.41 Å². The lowest BCUT2D eigenvalue weighted by molar-refractivity contribution is -0.137. The molecule has 0 aliphatic carbocycles. The molecule has 0 radical (unpaired) electrons. The Bertz CT molecular complexity index is 1820. The Balaban J connectivity index is 1.51. The van der Waals surface area contributed by atoms with Crippen molar-refractivity contribution >= 4 is 85.1 Å². The molecule has 2 unspecified atom stereocenters. The maximum absolute atomic E-state index is 12.6. The van der Waals surface area contributed by atoms with Crippen LogP contribution in [0.2, 0.25) is 0 Å². The number of nitrogens with one attached hydrogen (secondary N) is 2. The van der Waals surface area contributed by atoms with Crippen LogP contribution in [0.3, 0.4) is 0 Å². The largest absolute Gasteiger partial charge is 0.481 e. The van der Waals surface area contributed by atoms with Gasteiger partial charge in [-0.3, -0.25) is 32.5 Å². The zero-order chi connectivity index (χ0) is 40.5. The minimum atomic E-state index is -5.57. The number of carbonyl (C=O) groups is 3. The van der Waals surface area contributed by atoms with E-state index in [1.165, 1.54) is 19.9 Å². The zero-order valence-corrected chi connectivity index (χ0v) is 33.4. The van der Waals surface area contributed by atoms with Crippen LogP contribution >= 0.6 is 51.2 Å². The molecule has 3 heterocycles. The molecule has 3 rings (SSSR count). The summed E-state index contributed by atoms with van der Waals surface area (Å²) in [5, 5.41) is 26.6. The van der Waals surface area contributed by atoms with Gasteiger partial charge in [-0.05, 0) is 6.08 Å². The number of anilines is 1. The van der Waals surface area contributed by atoms with Crippen LogP contribution in [-0.2, 0) is 50.7 Å². The van der Waals surface area contributed by atoms with Crippen molar-refractivity contribution in [1.29, 1.82) is 0 Å². The van der Waals surface area contributed by atoms with Gasteiger partial charge in [0.15, 0.2) is 17.7 Å². The number of carbonyl (C=O) groups excluding carboxylic acids is 3. The molecule has 1 aliphatic rings. The van der Waals surface area contributed by atoms with Gasteiger partial charge in [0.25, 0.3) is 0 Å². The Kier molecular flexibility index (Phi) is 16.9. The molecular formula is C25H39BrN7O17P3S.